The molecular formula is C18H16ClF3N6O2S. The van der Waals surface area contributed by atoms with E-state index in [9.17, 15) is 21.6 Å². The number of hydrogen-bond acceptors (Lipinski definition) is 6. The van der Waals surface area contributed by atoms with Crippen molar-refractivity contribution in [3.8, 4) is 5.82 Å². The summed E-state index contributed by atoms with van der Waals surface area (Å²) in [6, 6.07) is 4.35. The Morgan fingerprint density at radius 3 is 2.39 bits per heavy atom. The van der Waals surface area contributed by atoms with Gasteiger partial charge in [-0.1, -0.05) is 11.6 Å². The number of alkyl halides is 3. The van der Waals surface area contributed by atoms with E-state index in [1.54, 1.807) is 35.5 Å². The van der Waals surface area contributed by atoms with E-state index < -0.39 is 31.7 Å². The molecule has 3 aromatic rings. The van der Waals surface area contributed by atoms with Gasteiger partial charge in [-0.2, -0.15) is 22.6 Å². The van der Waals surface area contributed by atoms with E-state index in [1.807, 2.05) is 4.90 Å². The predicted molar refractivity (Wildman–Crippen MR) is 107 cm³/mol. The van der Waals surface area contributed by atoms with Crippen LogP contribution in [0.5, 0.6) is 0 Å². The second kappa shape index (κ2) is 8.09. The van der Waals surface area contributed by atoms with Crippen LogP contribution in [0.15, 0.2) is 53.9 Å². The number of hydrogen-bond donors (Lipinski definition) is 0. The topological polar surface area (TPSA) is 84.2 Å². The van der Waals surface area contributed by atoms with Crippen LogP contribution in [0.4, 0.5) is 19.0 Å². The third kappa shape index (κ3) is 4.36. The molecule has 0 amide bonds. The number of benzene rings is 1. The highest BCUT2D eigenvalue weighted by atomic mass is 35.5. The lowest BCUT2D eigenvalue weighted by atomic mass is 10.2. The molecule has 0 spiro atoms. The molecule has 1 aliphatic rings. The lowest BCUT2D eigenvalue weighted by molar-refractivity contribution is -0.137. The number of rotatable bonds is 4. The van der Waals surface area contributed by atoms with Crippen LogP contribution >= 0.6 is 11.6 Å². The van der Waals surface area contributed by atoms with Gasteiger partial charge in [-0.05, 0) is 24.3 Å². The molecule has 13 heteroatoms. The first-order chi connectivity index (χ1) is 14.7. The molecule has 1 fully saturated rings. The second-order valence-electron chi connectivity index (χ2n) is 6.72. The summed E-state index contributed by atoms with van der Waals surface area (Å²) in [5.74, 6) is 1.06. The van der Waals surface area contributed by atoms with Crippen LogP contribution in [0, 0.1) is 0 Å². The van der Waals surface area contributed by atoms with Gasteiger partial charge in [0.2, 0.25) is 10.0 Å². The fourth-order valence-corrected chi connectivity index (χ4v) is 4.88. The van der Waals surface area contributed by atoms with Gasteiger partial charge in [-0.25, -0.2) is 18.1 Å². The van der Waals surface area contributed by atoms with Gasteiger partial charge >= 0.3 is 6.18 Å². The molecule has 0 saturated carbocycles. The minimum atomic E-state index is -4.75. The van der Waals surface area contributed by atoms with Crippen molar-refractivity contribution in [2.24, 2.45) is 0 Å². The Hall–Kier alpha value is -2.70. The Labute approximate surface area is 180 Å². The molecule has 3 heterocycles. The van der Waals surface area contributed by atoms with E-state index >= 15 is 0 Å². The Bertz CT molecular complexity index is 1180. The zero-order valence-corrected chi connectivity index (χ0v) is 17.4. The van der Waals surface area contributed by atoms with E-state index in [0.29, 0.717) is 30.8 Å². The Morgan fingerprint density at radius 1 is 1.03 bits per heavy atom. The SMILES string of the molecule is O=S(=O)(c1ccc(Cl)c(C(F)(F)F)c1)N1CCN(c2cncc(-n3cccn3)n2)CC1. The molecule has 1 aromatic carbocycles. The highest BCUT2D eigenvalue weighted by Gasteiger charge is 2.36. The van der Waals surface area contributed by atoms with Crippen molar-refractivity contribution < 1.29 is 21.6 Å². The van der Waals surface area contributed by atoms with Gasteiger partial charge in [0, 0.05) is 38.6 Å². The van der Waals surface area contributed by atoms with Crippen molar-refractivity contribution in [2.45, 2.75) is 11.1 Å². The van der Waals surface area contributed by atoms with Crippen molar-refractivity contribution in [1.82, 2.24) is 24.1 Å². The molecule has 0 N–H and O–H groups in total. The molecule has 31 heavy (non-hydrogen) atoms. The van der Waals surface area contributed by atoms with E-state index in [0.717, 1.165) is 16.4 Å². The lowest BCUT2D eigenvalue weighted by Crippen LogP contribution is -2.49. The summed E-state index contributed by atoms with van der Waals surface area (Å²) >= 11 is 5.60. The average Bonchev–Trinajstić information content (AvgIpc) is 3.28. The fourth-order valence-electron chi connectivity index (χ4n) is 3.20. The Kier molecular flexibility index (Phi) is 5.62. The number of nitrogens with zero attached hydrogens (tertiary/aromatic N) is 6. The van der Waals surface area contributed by atoms with Crippen molar-refractivity contribution >= 4 is 27.4 Å². The van der Waals surface area contributed by atoms with Gasteiger partial charge < -0.3 is 4.90 Å². The molecule has 2 aromatic heterocycles. The summed E-state index contributed by atoms with van der Waals surface area (Å²) in [4.78, 5) is 10.1. The van der Waals surface area contributed by atoms with Crippen molar-refractivity contribution in [3.05, 3.63) is 59.6 Å². The molecule has 4 rings (SSSR count). The summed E-state index contributed by atoms with van der Waals surface area (Å²) in [6.07, 6.45) is 1.69. The second-order valence-corrected chi connectivity index (χ2v) is 9.06. The molecule has 0 aliphatic carbocycles. The van der Waals surface area contributed by atoms with E-state index in [1.165, 1.54) is 0 Å². The third-order valence-electron chi connectivity index (χ3n) is 4.79. The van der Waals surface area contributed by atoms with Crippen LogP contribution in [-0.2, 0) is 16.2 Å². The molecule has 1 saturated heterocycles. The van der Waals surface area contributed by atoms with Gasteiger partial charge in [-0.3, -0.25) is 4.98 Å². The molecule has 0 radical (unpaired) electrons. The van der Waals surface area contributed by atoms with Crippen LogP contribution in [0.25, 0.3) is 5.82 Å². The summed E-state index contributed by atoms with van der Waals surface area (Å²) in [5, 5.41) is 3.55. The minimum Gasteiger partial charge on any atom is -0.353 e. The highest BCUT2D eigenvalue weighted by Crippen LogP contribution is 2.36. The largest absolute Gasteiger partial charge is 0.417 e. The van der Waals surface area contributed by atoms with Gasteiger partial charge in [0.15, 0.2) is 5.82 Å². The van der Waals surface area contributed by atoms with E-state index in [4.69, 9.17) is 11.6 Å². The number of sulfonamides is 1. The number of halogens is 4. The average molecular weight is 473 g/mol. The lowest BCUT2D eigenvalue weighted by Gasteiger charge is -2.34. The van der Waals surface area contributed by atoms with Crippen LogP contribution in [-0.4, -0.2) is 58.7 Å². The summed E-state index contributed by atoms with van der Waals surface area (Å²) in [6.45, 7) is 0.770. The zero-order valence-electron chi connectivity index (χ0n) is 15.9. The Morgan fingerprint density at radius 2 is 1.74 bits per heavy atom. The first-order valence-corrected chi connectivity index (χ1v) is 10.9. The number of anilines is 1. The quantitative estimate of drug-likeness (QED) is 0.580. The van der Waals surface area contributed by atoms with Gasteiger partial charge in [0.25, 0.3) is 0 Å². The third-order valence-corrected chi connectivity index (χ3v) is 7.02. The normalized spacial score (nSPS) is 15.9. The molecule has 164 valence electrons. The van der Waals surface area contributed by atoms with Gasteiger partial charge in [-0.15, -0.1) is 0 Å². The highest BCUT2D eigenvalue weighted by molar-refractivity contribution is 7.89. The molecule has 1 aliphatic heterocycles. The molecule has 0 atom stereocenters. The van der Waals surface area contributed by atoms with Crippen LogP contribution < -0.4 is 4.90 Å². The van der Waals surface area contributed by atoms with Crippen molar-refractivity contribution in [3.63, 3.8) is 0 Å². The minimum absolute atomic E-state index is 0.0833. The van der Waals surface area contributed by atoms with Crippen molar-refractivity contribution in [1.29, 1.82) is 0 Å². The van der Waals surface area contributed by atoms with Crippen LogP contribution in [0.1, 0.15) is 5.56 Å². The maximum Gasteiger partial charge on any atom is 0.417 e. The monoisotopic (exact) mass is 472 g/mol. The fraction of sp³-hybridized carbons (Fsp3) is 0.278. The van der Waals surface area contributed by atoms with Crippen molar-refractivity contribution in [2.75, 3.05) is 31.1 Å². The molecular weight excluding hydrogens is 457 g/mol. The summed E-state index contributed by atoms with van der Waals surface area (Å²) in [7, 11) is -4.11. The van der Waals surface area contributed by atoms with Crippen LogP contribution in [0.3, 0.4) is 0 Å². The first-order valence-electron chi connectivity index (χ1n) is 9.10. The smallest absolute Gasteiger partial charge is 0.353 e. The molecule has 8 nitrogen and oxygen atoms in total. The van der Waals surface area contributed by atoms with Gasteiger partial charge in [0.1, 0.15) is 5.82 Å². The number of piperazine rings is 1. The summed E-state index contributed by atoms with van der Waals surface area (Å²) in [5.41, 5.74) is -1.18. The number of aromatic nitrogens is 4. The van der Waals surface area contributed by atoms with E-state index in [-0.39, 0.29) is 13.1 Å². The molecule has 0 bridgehead atoms. The van der Waals surface area contributed by atoms with Crippen LogP contribution in [0.2, 0.25) is 5.02 Å². The zero-order chi connectivity index (χ0) is 22.2. The van der Waals surface area contributed by atoms with Gasteiger partial charge in [0.05, 0.1) is 27.9 Å². The maximum absolute atomic E-state index is 13.1. The Balaban J connectivity index is 1.51. The maximum atomic E-state index is 13.1. The standard InChI is InChI=1S/C18H16ClF3N6O2S/c19-15-3-2-13(10-14(15)18(20,21)22)31(29,30)27-8-6-26(7-9-27)16-11-23-12-17(25-16)28-5-1-4-24-28/h1-5,10-12H,6-9H2. The van der Waals surface area contributed by atoms with E-state index in [2.05, 4.69) is 15.1 Å². The predicted octanol–water partition coefficient (Wildman–Crippen LogP) is 2.85. The first kappa shape index (κ1) is 21.5. The molecule has 0 unspecified atom stereocenters. The summed E-state index contributed by atoms with van der Waals surface area (Å²) < 4.78 is 67.8.